The van der Waals surface area contributed by atoms with Crippen LogP contribution in [0.4, 0.5) is 5.69 Å². The van der Waals surface area contributed by atoms with E-state index in [1.807, 2.05) is 6.07 Å². The molecule has 0 spiro atoms. The van der Waals surface area contributed by atoms with E-state index in [1.165, 1.54) is 0 Å². The highest BCUT2D eigenvalue weighted by atomic mass is 32.2. The Morgan fingerprint density at radius 2 is 2.15 bits per heavy atom. The molecule has 1 aliphatic rings. The van der Waals surface area contributed by atoms with Crippen molar-refractivity contribution in [1.29, 1.82) is 0 Å². The number of piperidine rings is 1. The van der Waals surface area contributed by atoms with Gasteiger partial charge in [-0.05, 0) is 30.4 Å². The third-order valence-electron chi connectivity index (χ3n) is 3.67. The molecular weight excluding hydrogens is 276 g/mol. The van der Waals surface area contributed by atoms with Crippen molar-refractivity contribution in [2.45, 2.75) is 18.6 Å². The first kappa shape index (κ1) is 15.3. The van der Waals surface area contributed by atoms with Gasteiger partial charge in [0.2, 0.25) is 10.0 Å². The zero-order chi connectivity index (χ0) is 14.6. The zero-order valence-electron chi connectivity index (χ0n) is 11.8. The van der Waals surface area contributed by atoms with Crippen LogP contribution in [0.1, 0.15) is 18.4 Å². The van der Waals surface area contributed by atoms with Crippen LogP contribution < -0.4 is 5.73 Å². The van der Waals surface area contributed by atoms with Crippen molar-refractivity contribution >= 4 is 15.7 Å². The minimum Gasteiger partial charge on any atom is -0.398 e. The number of ether oxygens (including phenoxy) is 1. The molecule has 1 heterocycles. The number of nitrogens with zero attached hydrogens (tertiary/aromatic N) is 1. The normalized spacial score (nSPS) is 20.9. The lowest BCUT2D eigenvalue weighted by molar-refractivity contribution is 0.118. The minimum absolute atomic E-state index is 0.0284. The van der Waals surface area contributed by atoms with E-state index in [2.05, 4.69) is 0 Å². The maximum atomic E-state index is 12.5. The lowest BCUT2D eigenvalue weighted by Crippen LogP contribution is -2.41. The molecule has 1 saturated heterocycles. The molecule has 0 bridgehead atoms. The van der Waals surface area contributed by atoms with Crippen molar-refractivity contribution in [2.75, 3.05) is 32.5 Å². The number of benzene rings is 1. The quantitative estimate of drug-likeness (QED) is 0.835. The van der Waals surface area contributed by atoms with Gasteiger partial charge in [0.05, 0.1) is 12.4 Å². The summed E-state index contributed by atoms with van der Waals surface area (Å²) in [6, 6.07) is 7.12. The van der Waals surface area contributed by atoms with Crippen molar-refractivity contribution in [2.24, 2.45) is 5.92 Å². The summed E-state index contributed by atoms with van der Waals surface area (Å²) in [4.78, 5) is 0. The highest BCUT2D eigenvalue weighted by molar-refractivity contribution is 7.88. The molecule has 1 aromatic rings. The minimum atomic E-state index is -3.31. The van der Waals surface area contributed by atoms with E-state index in [1.54, 1.807) is 29.6 Å². The van der Waals surface area contributed by atoms with Crippen LogP contribution in [0, 0.1) is 5.92 Å². The Labute approximate surface area is 120 Å². The molecule has 1 aromatic carbocycles. The molecule has 1 atom stereocenters. The van der Waals surface area contributed by atoms with Gasteiger partial charge in [-0.2, -0.15) is 0 Å². The second kappa shape index (κ2) is 6.56. The van der Waals surface area contributed by atoms with Gasteiger partial charge in [-0.3, -0.25) is 0 Å². The first-order valence-electron chi connectivity index (χ1n) is 6.83. The topological polar surface area (TPSA) is 72.6 Å². The Kier molecular flexibility index (Phi) is 5.01. The van der Waals surface area contributed by atoms with Gasteiger partial charge < -0.3 is 10.5 Å². The van der Waals surface area contributed by atoms with Crippen molar-refractivity contribution in [3.8, 4) is 0 Å². The third kappa shape index (κ3) is 3.71. The van der Waals surface area contributed by atoms with E-state index in [4.69, 9.17) is 10.5 Å². The number of nitrogens with two attached hydrogens (primary N) is 1. The van der Waals surface area contributed by atoms with Gasteiger partial charge in [0.15, 0.2) is 0 Å². The van der Waals surface area contributed by atoms with Crippen LogP contribution in [0.25, 0.3) is 0 Å². The molecule has 2 rings (SSSR count). The average molecular weight is 298 g/mol. The Morgan fingerprint density at radius 1 is 1.40 bits per heavy atom. The van der Waals surface area contributed by atoms with E-state index in [-0.39, 0.29) is 11.7 Å². The number of anilines is 1. The van der Waals surface area contributed by atoms with Crippen LogP contribution in [0.3, 0.4) is 0 Å². The summed E-state index contributed by atoms with van der Waals surface area (Å²) < 4.78 is 31.7. The van der Waals surface area contributed by atoms with Crippen molar-refractivity contribution < 1.29 is 13.2 Å². The van der Waals surface area contributed by atoms with E-state index in [0.717, 1.165) is 12.8 Å². The Bertz CT molecular complexity index is 543. The third-order valence-corrected chi connectivity index (χ3v) is 5.46. The van der Waals surface area contributed by atoms with Crippen LogP contribution in [0.5, 0.6) is 0 Å². The molecule has 2 N–H and O–H groups in total. The number of methoxy groups -OCH3 is 1. The van der Waals surface area contributed by atoms with E-state index in [0.29, 0.717) is 30.9 Å². The predicted octanol–water partition coefficient (Wildman–Crippen LogP) is 1.46. The van der Waals surface area contributed by atoms with E-state index in [9.17, 15) is 8.42 Å². The Hall–Kier alpha value is -1.11. The predicted molar refractivity (Wildman–Crippen MR) is 79.7 cm³/mol. The molecule has 5 nitrogen and oxygen atoms in total. The van der Waals surface area contributed by atoms with Crippen LogP contribution in [0.15, 0.2) is 24.3 Å². The summed E-state index contributed by atoms with van der Waals surface area (Å²) >= 11 is 0. The Morgan fingerprint density at radius 3 is 2.85 bits per heavy atom. The lowest BCUT2D eigenvalue weighted by Gasteiger charge is -2.31. The van der Waals surface area contributed by atoms with Gasteiger partial charge in [-0.1, -0.05) is 18.2 Å². The maximum absolute atomic E-state index is 12.5. The molecule has 0 amide bonds. The molecular formula is C14H22N2O3S. The van der Waals surface area contributed by atoms with Gasteiger partial charge >= 0.3 is 0 Å². The molecule has 1 unspecified atom stereocenters. The monoisotopic (exact) mass is 298 g/mol. The molecule has 1 fully saturated rings. The average Bonchev–Trinajstić information content (AvgIpc) is 2.42. The largest absolute Gasteiger partial charge is 0.398 e. The summed E-state index contributed by atoms with van der Waals surface area (Å²) in [5.74, 6) is 0.260. The fourth-order valence-corrected chi connectivity index (χ4v) is 4.29. The van der Waals surface area contributed by atoms with Crippen LogP contribution in [-0.4, -0.2) is 39.5 Å². The fourth-order valence-electron chi connectivity index (χ4n) is 2.60. The summed E-state index contributed by atoms with van der Waals surface area (Å²) in [6.45, 7) is 1.75. The standard InChI is InChI=1S/C14H22N2O3S/c1-19-10-12-5-4-8-16(9-12)20(17,18)11-13-6-2-3-7-14(13)15/h2-3,6-7,12H,4-5,8-11,15H2,1H3. The van der Waals surface area contributed by atoms with Crippen LogP contribution in [-0.2, 0) is 20.5 Å². The number of sulfonamides is 1. The van der Waals surface area contributed by atoms with Crippen molar-refractivity contribution in [3.05, 3.63) is 29.8 Å². The van der Waals surface area contributed by atoms with Crippen molar-refractivity contribution in [3.63, 3.8) is 0 Å². The second-order valence-electron chi connectivity index (χ2n) is 5.28. The molecule has 0 aromatic heterocycles. The molecule has 0 aliphatic carbocycles. The molecule has 20 heavy (non-hydrogen) atoms. The van der Waals surface area contributed by atoms with Gasteiger partial charge in [0.25, 0.3) is 0 Å². The maximum Gasteiger partial charge on any atom is 0.218 e. The highest BCUT2D eigenvalue weighted by Gasteiger charge is 2.29. The van der Waals surface area contributed by atoms with Crippen LogP contribution in [0.2, 0.25) is 0 Å². The molecule has 0 radical (unpaired) electrons. The number of hydrogen-bond donors (Lipinski definition) is 1. The summed E-state index contributed by atoms with van der Waals surface area (Å²) in [5, 5.41) is 0. The van der Waals surface area contributed by atoms with E-state index < -0.39 is 10.0 Å². The summed E-state index contributed by atoms with van der Waals surface area (Å²) in [7, 11) is -1.66. The Balaban J connectivity index is 2.08. The molecule has 112 valence electrons. The van der Waals surface area contributed by atoms with E-state index >= 15 is 0 Å². The lowest BCUT2D eigenvalue weighted by atomic mass is 10.0. The first-order chi connectivity index (χ1) is 9.53. The summed E-state index contributed by atoms with van der Waals surface area (Å²) in [6.07, 6.45) is 1.91. The smallest absolute Gasteiger partial charge is 0.218 e. The number of hydrogen-bond acceptors (Lipinski definition) is 4. The van der Waals surface area contributed by atoms with Gasteiger partial charge in [0, 0.05) is 25.9 Å². The van der Waals surface area contributed by atoms with Gasteiger partial charge in [-0.25, -0.2) is 12.7 Å². The number of nitrogen functional groups attached to an aromatic ring is 1. The molecule has 1 aliphatic heterocycles. The fraction of sp³-hybridized carbons (Fsp3) is 0.571. The van der Waals surface area contributed by atoms with Crippen molar-refractivity contribution in [1.82, 2.24) is 4.31 Å². The van der Waals surface area contributed by atoms with Gasteiger partial charge in [-0.15, -0.1) is 0 Å². The molecule has 0 saturated carbocycles. The SMILES string of the molecule is COCC1CCCN(S(=O)(=O)Cc2ccccc2N)C1. The van der Waals surface area contributed by atoms with Crippen LogP contribution >= 0.6 is 0 Å². The van der Waals surface area contributed by atoms with Gasteiger partial charge in [0.1, 0.15) is 0 Å². The number of rotatable bonds is 5. The zero-order valence-corrected chi connectivity index (χ0v) is 12.6. The first-order valence-corrected chi connectivity index (χ1v) is 8.44. The second-order valence-corrected chi connectivity index (χ2v) is 7.25. The summed E-state index contributed by atoms with van der Waals surface area (Å²) in [5.41, 5.74) is 7.03. The number of para-hydroxylation sites is 1. The highest BCUT2D eigenvalue weighted by Crippen LogP contribution is 2.23. The molecule has 6 heteroatoms.